The smallest absolute Gasteiger partial charge is 0.406 e. The van der Waals surface area contributed by atoms with Gasteiger partial charge in [0.25, 0.3) is 0 Å². The highest BCUT2D eigenvalue weighted by Gasteiger charge is 2.34. The van der Waals surface area contributed by atoms with E-state index < -0.39 is 12.4 Å². The summed E-state index contributed by atoms with van der Waals surface area (Å²) in [5.41, 5.74) is 14.1. The van der Waals surface area contributed by atoms with Crippen molar-refractivity contribution in [2.45, 2.75) is 31.4 Å². The predicted molar refractivity (Wildman–Crippen MR) is 146 cm³/mol. The summed E-state index contributed by atoms with van der Waals surface area (Å²) in [6.45, 7) is 0.918. The van der Waals surface area contributed by atoms with Crippen molar-refractivity contribution in [2.75, 3.05) is 0 Å². The van der Waals surface area contributed by atoms with E-state index in [4.69, 9.17) is 5.73 Å². The summed E-state index contributed by atoms with van der Waals surface area (Å²) >= 11 is 0. The summed E-state index contributed by atoms with van der Waals surface area (Å²) in [5.74, 6) is -0.289. The first-order chi connectivity index (χ1) is 19.3. The van der Waals surface area contributed by atoms with Crippen molar-refractivity contribution in [1.82, 2.24) is 10.2 Å². The number of rotatable bonds is 6. The lowest BCUT2D eigenvalue weighted by molar-refractivity contribution is -0.274. The molecule has 0 radical (unpaired) electrons. The van der Waals surface area contributed by atoms with Gasteiger partial charge in [0.15, 0.2) is 0 Å². The van der Waals surface area contributed by atoms with Gasteiger partial charge in [0.05, 0.1) is 6.04 Å². The third kappa shape index (κ3) is 5.00. The van der Waals surface area contributed by atoms with E-state index in [1.54, 1.807) is 17.0 Å². The second-order valence-electron chi connectivity index (χ2n) is 9.94. The summed E-state index contributed by atoms with van der Waals surface area (Å²) in [7, 11) is 0. The molecular weight excluding hydrogens is 515 g/mol. The first-order valence-electron chi connectivity index (χ1n) is 12.9. The molecule has 4 aromatic rings. The molecule has 0 spiro atoms. The van der Waals surface area contributed by atoms with E-state index in [9.17, 15) is 18.0 Å². The maximum Gasteiger partial charge on any atom is 0.573 e. The number of allylic oxidation sites excluding steroid dienone is 1. The Hall–Kier alpha value is -4.72. The number of benzene rings is 4. The third-order valence-electron chi connectivity index (χ3n) is 7.45. The van der Waals surface area contributed by atoms with E-state index >= 15 is 0 Å². The van der Waals surface area contributed by atoms with Crippen molar-refractivity contribution in [3.05, 3.63) is 142 Å². The molecule has 4 aromatic carbocycles. The number of carbonyl (C=O) groups excluding carboxylic acids is 1. The quantitative estimate of drug-likeness (QED) is 0.281. The van der Waals surface area contributed by atoms with Gasteiger partial charge >= 0.3 is 12.4 Å². The molecule has 0 aromatic heterocycles. The zero-order valence-corrected chi connectivity index (χ0v) is 21.4. The highest BCUT2D eigenvalue weighted by Crippen LogP contribution is 2.42. The Bertz CT molecular complexity index is 1580. The number of fused-ring (bicyclic) bond motifs is 2. The van der Waals surface area contributed by atoms with Gasteiger partial charge in [0.1, 0.15) is 5.75 Å². The maximum absolute atomic E-state index is 12.5. The molecule has 202 valence electrons. The number of hydrogen-bond donors (Lipinski definition) is 2. The number of alkyl halides is 3. The Morgan fingerprint density at radius 3 is 2.23 bits per heavy atom. The van der Waals surface area contributed by atoms with Crippen molar-refractivity contribution >= 4 is 12.1 Å². The van der Waals surface area contributed by atoms with Gasteiger partial charge in [-0.15, -0.1) is 13.2 Å². The number of amides is 2. The lowest BCUT2D eigenvalue weighted by Crippen LogP contribution is -2.34. The van der Waals surface area contributed by atoms with Crippen LogP contribution in [0.25, 0.3) is 6.08 Å². The number of halogens is 3. The molecule has 2 aliphatic rings. The van der Waals surface area contributed by atoms with Gasteiger partial charge in [0, 0.05) is 24.7 Å². The molecule has 0 bridgehead atoms. The average molecular weight is 542 g/mol. The minimum atomic E-state index is -4.72. The van der Waals surface area contributed by atoms with Crippen LogP contribution in [0, 0.1) is 0 Å². The highest BCUT2D eigenvalue weighted by molar-refractivity contribution is 5.75. The fourth-order valence-electron chi connectivity index (χ4n) is 5.67. The Labute approximate surface area is 229 Å². The molecule has 2 atom stereocenters. The van der Waals surface area contributed by atoms with Crippen LogP contribution in [0.15, 0.2) is 103 Å². The predicted octanol–water partition coefficient (Wildman–Crippen LogP) is 6.85. The van der Waals surface area contributed by atoms with Crippen LogP contribution in [0.2, 0.25) is 0 Å². The van der Waals surface area contributed by atoms with Crippen molar-refractivity contribution in [2.24, 2.45) is 5.73 Å². The molecule has 0 saturated heterocycles. The van der Waals surface area contributed by atoms with Gasteiger partial charge in [-0.2, -0.15) is 0 Å². The van der Waals surface area contributed by atoms with Crippen LogP contribution in [0.5, 0.6) is 5.75 Å². The number of urea groups is 1. The van der Waals surface area contributed by atoms with Crippen molar-refractivity contribution in [3.63, 3.8) is 0 Å². The van der Waals surface area contributed by atoms with Crippen molar-refractivity contribution < 1.29 is 22.7 Å². The second-order valence-corrected chi connectivity index (χ2v) is 9.94. The Morgan fingerprint density at radius 1 is 0.875 bits per heavy atom. The van der Waals surface area contributed by atoms with Crippen LogP contribution >= 0.6 is 0 Å². The lowest BCUT2D eigenvalue weighted by atomic mass is 9.89. The van der Waals surface area contributed by atoms with Crippen LogP contribution in [0.3, 0.4) is 0 Å². The van der Waals surface area contributed by atoms with E-state index in [0.717, 1.165) is 44.6 Å². The van der Waals surface area contributed by atoms with E-state index in [0.29, 0.717) is 13.1 Å². The second kappa shape index (κ2) is 10.1. The molecule has 8 heteroatoms. The molecule has 2 unspecified atom stereocenters. The molecule has 0 fully saturated rings. The minimum Gasteiger partial charge on any atom is -0.406 e. The van der Waals surface area contributed by atoms with Crippen molar-refractivity contribution in [1.29, 1.82) is 0 Å². The normalized spacial score (nSPS) is 17.7. The Morgan fingerprint density at radius 2 is 1.52 bits per heavy atom. The van der Waals surface area contributed by atoms with Crippen LogP contribution in [0.4, 0.5) is 18.0 Å². The summed E-state index contributed by atoms with van der Waals surface area (Å²) in [6.07, 6.45) is -2.61. The largest absolute Gasteiger partial charge is 0.573 e. The fraction of sp³-hybridized carbons (Fsp3) is 0.156. The number of nitrogens with one attached hydrogen (secondary N) is 1. The molecule has 1 aliphatic carbocycles. The molecule has 40 heavy (non-hydrogen) atoms. The van der Waals surface area contributed by atoms with Gasteiger partial charge in [-0.25, -0.2) is 4.79 Å². The van der Waals surface area contributed by atoms with E-state index in [1.807, 2.05) is 36.4 Å². The molecule has 6 rings (SSSR count). The van der Waals surface area contributed by atoms with E-state index in [1.165, 1.54) is 12.1 Å². The van der Waals surface area contributed by atoms with Gasteiger partial charge in [-0.3, -0.25) is 0 Å². The molecular formula is C32H26F3N3O2. The monoisotopic (exact) mass is 541 g/mol. The first-order valence-corrected chi connectivity index (χ1v) is 12.9. The number of nitrogens with two attached hydrogens (primary N) is 1. The number of primary amides is 1. The molecule has 5 nitrogen and oxygen atoms in total. The Balaban J connectivity index is 1.24. The van der Waals surface area contributed by atoms with Crippen LogP contribution in [0.1, 0.15) is 50.9 Å². The van der Waals surface area contributed by atoms with Gasteiger partial charge < -0.3 is 20.7 Å². The number of hydrogen-bond acceptors (Lipinski definition) is 3. The van der Waals surface area contributed by atoms with Crippen molar-refractivity contribution in [3.8, 4) is 5.75 Å². The summed E-state index contributed by atoms with van der Waals surface area (Å²) < 4.78 is 41.5. The first kappa shape index (κ1) is 25.6. The topological polar surface area (TPSA) is 67.6 Å². The molecule has 3 N–H and O–H groups in total. The molecule has 1 aliphatic heterocycles. The van der Waals surface area contributed by atoms with E-state index in [-0.39, 0.29) is 17.7 Å². The molecule has 0 saturated carbocycles. The van der Waals surface area contributed by atoms with Gasteiger partial charge in [-0.1, -0.05) is 84.9 Å². The molecule has 1 heterocycles. The summed E-state index contributed by atoms with van der Waals surface area (Å²) in [5, 5.41) is 3.49. The zero-order chi connectivity index (χ0) is 27.9. The number of carbonyl (C=O) groups is 1. The fourth-order valence-corrected chi connectivity index (χ4v) is 5.67. The summed E-state index contributed by atoms with van der Waals surface area (Å²) in [6, 6.07) is 29.6. The van der Waals surface area contributed by atoms with E-state index in [2.05, 4.69) is 52.5 Å². The summed E-state index contributed by atoms with van der Waals surface area (Å²) in [4.78, 5) is 13.9. The van der Waals surface area contributed by atoms with Crippen LogP contribution in [-0.2, 0) is 13.1 Å². The SMILES string of the molecule is NC(=O)N1Cc2ccccc2C1c1ccc(C2C(NCc3ccc(OC(F)(F)F)cc3)=Cc3ccccc32)cc1. The highest BCUT2D eigenvalue weighted by atomic mass is 19.4. The van der Waals surface area contributed by atoms with Crippen LogP contribution in [-0.4, -0.2) is 17.3 Å². The Kier molecular flexibility index (Phi) is 6.46. The zero-order valence-electron chi connectivity index (χ0n) is 21.4. The van der Waals surface area contributed by atoms with Gasteiger partial charge in [0.2, 0.25) is 0 Å². The molecule has 2 amide bonds. The third-order valence-corrected chi connectivity index (χ3v) is 7.45. The maximum atomic E-state index is 12.5. The van der Waals surface area contributed by atoms with Gasteiger partial charge in [-0.05, 0) is 57.2 Å². The minimum absolute atomic E-state index is 0.0406. The number of nitrogens with zero attached hydrogens (tertiary/aromatic N) is 1. The van der Waals surface area contributed by atoms with Crippen LogP contribution < -0.4 is 15.8 Å². The standard InChI is InChI=1S/C32H26F3N3O2/c33-32(34,35)40-25-15-9-20(10-16-25)18-37-28-17-23-5-1-3-7-26(23)29(28)21-11-13-22(14-12-21)30-27-8-4-2-6-24(27)19-38(30)31(36)39/h1-17,29-30,37H,18-19H2,(H2,36,39). The average Bonchev–Trinajstić information content (AvgIpc) is 3.51. The number of ether oxygens (including phenoxy) is 1. The lowest BCUT2D eigenvalue weighted by Gasteiger charge is -2.25.